The van der Waals surface area contributed by atoms with Gasteiger partial charge in [0, 0.05) is 18.7 Å². The van der Waals surface area contributed by atoms with Crippen LogP contribution < -0.4 is 5.32 Å². The van der Waals surface area contributed by atoms with Crippen LogP contribution in [0.2, 0.25) is 0 Å². The molecule has 1 aliphatic heterocycles. The van der Waals surface area contributed by atoms with E-state index >= 15 is 0 Å². The van der Waals surface area contributed by atoms with Crippen molar-refractivity contribution < 1.29 is 4.74 Å². The van der Waals surface area contributed by atoms with E-state index in [1.165, 1.54) is 36.8 Å². The molecule has 1 fully saturated rings. The average molecular weight is 247 g/mol. The summed E-state index contributed by atoms with van der Waals surface area (Å²) in [6.45, 7) is 6.25. The summed E-state index contributed by atoms with van der Waals surface area (Å²) in [6.07, 6.45) is 4.81. The lowest BCUT2D eigenvalue weighted by molar-refractivity contribution is 0.0671. The van der Waals surface area contributed by atoms with Gasteiger partial charge in [0.15, 0.2) is 0 Å². The van der Waals surface area contributed by atoms with Gasteiger partial charge in [0.25, 0.3) is 0 Å². The van der Waals surface area contributed by atoms with Gasteiger partial charge in [0.05, 0.1) is 6.61 Å². The van der Waals surface area contributed by atoms with Gasteiger partial charge in [0.2, 0.25) is 0 Å². The van der Waals surface area contributed by atoms with Gasteiger partial charge in [-0.05, 0) is 37.3 Å². The highest BCUT2D eigenvalue weighted by molar-refractivity contribution is 5.24. The second-order valence-corrected chi connectivity index (χ2v) is 5.29. The van der Waals surface area contributed by atoms with Gasteiger partial charge in [-0.3, -0.25) is 0 Å². The number of hydrogen-bond acceptors (Lipinski definition) is 2. The van der Waals surface area contributed by atoms with Crippen LogP contribution in [-0.2, 0) is 11.2 Å². The summed E-state index contributed by atoms with van der Waals surface area (Å²) in [4.78, 5) is 0. The van der Waals surface area contributed by atoms with Crippen LogP contribution in [0.1, 0.15) is 50.3 Å². The summed E-state index contributed by atoms with van der Waals surface area (Å²) in [6, 6.07) is 9.96. The van der Waals surface area contributed by atoms with Crippen LogP contribution in [0.25, 0.3) is 0 Å². The molecule has 2 atom stereocenters. The highest BCUT2D eigenvalue weighted by Crippen LogP contribution is 2.17. The Morgan fingerprint density at radius 3 is 2.72 bits per heavy atom. The van der Waals surface area contributed by atoms with Crippen molar-refractivity contribution in [1.29, 1.82) is 0 Å². The minimum atomic E-state index is 0.410. The lowest BCUT2D eigenvalue weighted by Crippen LogP contribution is -2.38. The molecule has 2 rings (SSSR count). The van der Waals surface area contributed by atoms with Crippen LogP contribution in [0.3, 0.4) is 0 Å². The summed E-state index contributed by atoms with van der Waals surface area (Å²) in [5.41, 5.74) is 2.81. The molecule has 1 aliphatic rings. The molecule has 1 N–H and O–H groups in total. The van der Waals surface area contributed by atoms with Crippen molar-refractivity contribution in [2.45, 2.75) is 51.6 Å². The van der Waals surface area contributed by atoms with Gasteiger partial charge in [-0.25, -0.2) is 0 Å². The molecule has 2 nitrogen and oxygen atoms in total. The Labute approximate surface area is 111 Å². The SMILES string of the molecule is CCCc1ccc(C(C)NC2CCCOC2)cc1. The monoisotopic (exact) mass is 247 g/mol. The Kier molecular flexibility index (Phi) is 5.21. The van der Waals surface area contributed by atoms with Gasteiger partial charge in [-0.1, -0.05) is 37.6 Å². The second-order valence-electron chi connectivity index (χ2n) is 5.29. The number of hydrogen-bond donors (Lipinski definition) is 1. The Morgan fingerprint density at radius 1 is 1.33 bits per heavy atom. The minimum absolute atomic E-state index is 0.410. The van der Waals surface area contributed by atoms with E-state index in [0.29, 0.717) is 12.1 Å². The fraction of sp³-hybridized carbons (Fsp3) is 0.625. The number of aryl methyl sites for hydroxylation is 1. The smallest absolute Gasteiger partial charge is 0.0619 e. The quantitative estimate of drug-likeness (QED) is 0.860. The van der Waals surface area contributed by atoms with Gasteiger partial charge in [-0.15, -0.1) is 0 Å². The van der Waals surface area contributed by atoms with E-state index in [9.17, 15) is 0 Å². The molecule has 1 heterocycles. The molecule has 0 bridgehead atoms. The van der Waals surface area contributed by atoms with Crippen LogP contribution in [-0.4, -0.2) is 19.3 Å². The lowest BCUT2D eigenvalue weighted by Gasteiger charge is -2.27. The van der Waals surface area contributed by atoms with Crippen molar-refractivity contribution in [2.75, 3.05) is 13.2 Å². The van der Waals surface area contributed by atoms with E-state index in [2.05, 4.69) is 43.4 Å². The first kappa shape index (κ1) is 13.6. The number of nitrogens with one attached hydrogen (secondary N) is 1. The highest BCUT2D eigenvalue weighted by Gasteiger charge is 2.16. The third kappa shape index (κ3) is 3.82. The van der Waals surface area contributed by atoms with Crippen molar-refractivity contribution in [3.63, 3.8) is 0 Å². The third-order valence-corrected chi connectivity index (χ3v) is 3.66. The van der Waals surface area contributed by atoms with Crippen LogP contribution in [0.5, 0.6) is 0 Å². The molecule has 0 spiro atoms. The van der Waals surface area contributed by atoms with E-state index in [1.807, 2.05) is 0 Å². The maximum Gasteiger partial charge on any atom is 0.0619 e. The molecule has 0 aromatic heterocycles. The summed E-state index contributed by atoms with van der Waals surface area (Å²) in [5, 5.41) is 3.66. The normalized spacial score (nSPS) is 21.8. The van der Waals surface area contributed by atoms with E-state index < -0.39 is 0 Å². The molecule has 0 saturated carbocycles. The number of rotatable bonds is 5. The largest absolute Gasteiger partial charge is 0.380 e. The fourth-order valence-corrected chi connectivity index (χ4v) is 2.58. The van der Waals surface area contributed by atoms with Crippen molar-refractivity contribution in [3.8, 4) is 0 Å². The molecule has 18 heavy (non-hydrogen) atoms. The van der Waals surface area contributed by atoms with Crippen LogP contribution in [0.4, 0.5) is 0 Å². The summed E-state index contributed by atoms with van der Waals surface area (Å²) < 4.78 is 5.51. The molecule has 2 heteroatoms. The minimum Gasteiger partial charge on any atom is -0.380 e. The zero-order chi connectivity index (χ0) is 12.8. The zero-order valence-electron chi connectivity index (χ0n) is 11.6. The van der Waals surface area contributed by atoms with Crippen LogP contribution in [0.15, 0.2) is 24.3 Å². The van der Waals surface area contributed by atoms with Crippen LogP contribution in [0, 0.1) is 0 Å². The summed E-state index contributed by atoms with van der Waals surface area (Å²) >= 11 is 0. The molecular formula is C16H25NO. The van der Waals surface area contributed by atoms with Crippen molar-refractivity contribution >= 4 is 0 Å². The Balaban J connectivity index is 1.89. The zero-order valence-corrected chi connectivity index (χ0v) is 11.6. The third-order valence-electron chi connectivity index (χ3n) is 3.66. The number of ether oxygens (including phenoxy) is 1. The fourth-order valence-electron chi connectivity index (χ4n) is 2.58. The molecule has 1 saturated heterocycles. The van der Waals surface area contributed by atoms with E-state index in [1.54, 1.807) is 0 Å². The van der Waals surface area contributed by atoms with Crippen molar-refractivity contribution in [1.82, 2.24) is 5.32 Å². The molecule has 2 unspecified atom stereocenters. The first-order chi connectivity index (χ1) is 8.79. The average Bonchev–Trinajstić information content (AvgIpc) is 2.41. The molecule has 100 valence electrons. The van der Waals surface area contributed by atoms with Crippen molar-refractivity contribution in [3.05, 3.63) is 35.4 Å². The highest BCUT2D eigenvalue weighted by atomic mass is 16.5. The lowest BCUT2D eigenvalue weighted by atomic mass is 10.0. The Morgan fingerprint density at radius 2 is 2.11 bits per heavy atom. The maximum absolute atomic E-state index is 5.51. The summed E-state index contributed by atoms with van der Waals surface area (Å²) in [7, 11) is 0. The standard InChI is InChI=1S/C16H25NO/c1-3-5-14-7-9-15(10-8-14)13(2)17-16-6-4-11-18-12-16/h7-10,13,16-17H,3-6,11-12H2,1-2H3. The Hall–Kier alpha value is -0.860. The first-order valence-corrected chi connectivity index (χ1v) is 7.22. The van der Waals surface area contributed by atoms with E-state index in [0.717, 1.165) is 13.2 Å². The van der Waals surface area contributed by atoms with E-state index in [4.69, 9.17) is 4.74 Å². The van der Waals surface area contributed by atoms with Gasteiger partial charge < -0.3 is 10.1 Å². The number of benzene rings is 1. The van der Waals surface area contributed by atoms with Crippen LogP contribution >= 0.6 is 0 Å². The predicted octanol–water partition coefficient (Wildman–Crippen LogP) is 3.47. The predicted molar refractivity (Wildman–Crippen MR) is 75.8 cm³/mol. The molecule has 0 amide bonds. The molecule has 0 aliphatic carbocycles. The van der Waals surface area contributed by atoms with Gasteiger partial charge in [0.1, 0.15) is 0 Å². The maximum atomic E-state index is 5.51. The molecule has 1 aromatic rings. The Bertz CT molecular complexity index is 341. The van der Waals surface area contributed by atoms with Gasteiger partial charge in [-0.2, -0.15) is 0 Å². The molecule has 0 radical (unpaired) electrons. The summed E-state index contributed by atoms with van der Waals surface area (Å²) in [5.74, 6) is 0. The first-order valence-electron chi connectivity index (χ1n) is 7.22. The second kappa shape index (κ2) is 6.91. The molecular weight excluding hydrogens is 222 g/mol. The van der Waals surface area contributed by atoms with Crippen molar-refractivity contribution in [2.24, 2.45) is 0 Å². The van der Waals surface area contributed by atoms with E-state index in [-0.39, 0.29) is 0 Å². The van der Waals surface area contributed by atoms with Gasteiger partial charge >= 0.3 is 0 Å². The molecule has 1 aromatic carbocycles. The topological polar surface area (TPSA) is 21.3 Å².